The highest BCUT2D eigenvalue weighted by Crippen LogP contribution is 2.12. The third kappa shape index (κ3) is 5.41. The summed E-state index contributed by atoms with van der Waals surface area (Å²) >= 11 is 5.99. The molecule has 1 aliphatic rings. The predicted octanol–water partition coefficient (Wildman–Crippen LogP) is 2.83. The summed E-state index contributed by atoms with van der Waals surface area (Å²) < 4.78 is 9.73. The molecular formula is C18H23ClN2O3. The number of ether oxygens (including phenoxy) is 2. The molecule has 1 aliphatic heterocycles. The number of hydrogen-bond acceptors (Lipinski definition) is 4. The van der Waals surface area contributed by atoms with Crippen LogP contribution >= 0.6 is 11.6 Å². The number of nitrogens with zero attached hydrogens (tertiary/aromatic N) is 2. The molecule has 2 rings (SSSR count). The van der Waals surface area contributed by atoms with Gasteiger partial charge in [0.1, 0.15) is 0 Å². The van der Waals surface area contributed by atoms with E-state index in [1.807, 2.05) is 24.3 Å². The maximum Gasteiger partial charge on any atom is 0.411 e. The zero-order chi connectivity index (χ0) is 17.4. The van der Waals surface area contributed by atoms with Crippen LogP contribution in [0.2, 0.25) is 5.02 Å². The summed E-state index contributed by atoms with van der Waals surface area (Å²) in [5.74, 6) is 6.52. The summed E-state index contributed by atoms with van der Waals surface area (Å²) in [7, 11) is 1.50. The van der Waals surface area contributed by atoms with Gasteiger partial charge in [-0.2, -0.15) is 0 Å². The Labute approximate surface area is 148 Å². The average molecular weight is 351 g/mol. The second-order valence-corrected chi connectivity index (χ2v) is 5.98. The maximum atomic E-state index is 11.8. The van der Waals surface area contributed by atoms with E-state index in [-0.39, 0.29) is 18.9 Å². The largest absolute Gasteiger partial charge is 0.422 e. The van der Waals surface area contributed by atoms with Crippen LogP contribution in [0.4, 0.5) is 4.79 Å². The van der Waals surface area contributed by atoms with E-state index < -0.39 is 0 Å². The lowest BCUT2D eigenvalue weighted by molar-refractivity contribution is -0.0111. The summed E-state index contributed by atoms with van der Waals surface area (Å²) in [6, 6.07) is 7.73. The van der Waals surface area contributed by atoms with Crippen molar-refractivity contribution in [1.29, 1.82) is 0 Å². The van der Waals surface area contributed by atoms with Crippen LogP contribution in [-0.2, 0) is 9.47 Å². The molecule has 0 aliphatic carbocycles. The molecule has 1 aromatic rings. The van der Waals surface area contributed by atoms with Gasteiger partial charge < -0.3 is 14.4 Å². The van der Waals surface area contributed by atoms with Gasteiger partial charge in [-0.3, -0.25) is 4.90 Å². The summed E-state index contributed by atoms with van der Waals surface area (Å²) in [4.78, 5) is 15.8. The molecule has 1 atom stereocenters. The summed E-state index contributed by atoms with van der Waals surface area (Å²) in [5, 5.41) is 0.693. The molecule has 1 amide bonds. The standard InChI is InChI=1S/C18H23ClN2O3/c1-3-17(8-7-15-5-4-6-16(19)13-15)20-9-11-21(12-10-20)18(22)24-14-23-2/h4-6,13,17H,3,9-12,14H2,1-2H3. The first-order valence-electron chi connectivity index (χ1n) is 8.05. The molecule has 5 nitrogen and oxygen atoms in total. The molecule has 24 heavy (non-hydrogen) atoms. The van der Waals surface area contributed by atoms with Crippen LogP contribution in [0, 0.1) is 11.8 Å². The molecule has 6 heteroatoms. The Morgan fingerprint density at radius 1 is 1.33 bits per heavy atom. The smallest absolute Gasteiger partial charge is 0.411 e. The van der Waals surface area contributed by atoms with E-state index in [9.17, 15) is 4.79 Å². The monoisotopic (exact) mass is 350 g/mol. The van der Waals surface area contributed by atoms with Gasteiger partial charge in [0.2, 0.25) is 0 Å². The van der Waals surface area contributed by atoms with E-state index in [1.54, 1.807) is 4.90 Å². The van der Waals surface area contributed by atoms with Gasteiger partial charge in [0.15, 0.2) is 6.79 Å². The number of amides is 1. The Morgan fingerprint density at radius 2 is 2.08 bits per heavy atom. The molecule has 0 aromatic heterocycles. The van der Waals surface area contributed by atoms with Crippen molar-refractivity contribution in [2.45, 2.75) is 19.4 Å². The highest BCUT2D eigenvalue weighted by atomic mass is 35.5. The second-order valence-electron chi connectivity index (χ2n) is 5.54. The van der Waals surface area contributed by atoms with Crippen LogP contribution < -0.4 is 0 Å². The van der Waals surface area contributed by atoms with Crippen LogP contribution in [0.1, 0.15) is 18.9 Å². The summed E-state index contributed by atoms with van der Waals surface area (Å²) in [6.45, 7) is 4.95. The molecule has 1 fully saturated rings. The predicted molar refractivity (Wildman–Crippen MR) is 93.9 cm³/mol. The van der Waals surface area contributed by atoms with Gasteiger partial charge in [-0.15, -0.1) is 0 Å². The van der Waals surface area contributed by atoms with Crippen molar-refractivity contribution in [2.24, 2.45) is 0 Å². The molecule has 0 saturated carbocycles. The summed E-state index contributed by atoms with van der Waals surface area (Å²) in [6.07, 6.45) is 0.608. The number of carbonyl (C=O) groups excluding carboxylic acids is 1. The Kier molecular flexibility index (Phi) is 7.38. The van der Waals surface area contributed by atoms with Crippen molar-refractivity contribution in [2.75, 3.05) is 40.1 Å². The highest BCUT2D eigenvalue weighted by Gasteiger charge is 2.25. The normalized spacial score (nSPS) is 16.2. The Morgan fingerprint density at radius 3 is 2.71 bits per heavy atom. The van der Waals surface area contributed by atoms with E-state index in [0.717, 1.165) is 25.1 Å². The minimum Gasteiger partial charge on any atom is -0.422 e. The fraction of sp³-hybridized carbons (Fsp3) is 0.500. The molecule has 1 unspecified atom stereocenters. The lowest BCUT2D eigenvalue weighted by atomic mass is 10.1. The van der Waals surface area contributed by atoms with Crippen LogP contribution in [-0.4, -0.2) is 62.0 Å². The fourth-order valence-electron chi connectivity index (χ4n) is 2.60. The lowest BCUT2D eigenvalue weighted by Gasteiger charge is -2.36. The number of piperazine rings is 1. The van der Waals surface area contributed by atoms with Gasteiger partial charge >= 0.3 is 6.09 Å². The quantitative estimate of drug-likeness (QED) is 0.618. The van der Waals surface area contributed by atoms with Crippen molar-refractivity contribution in [3.63, 3.8) is 0 Å². The highest BCUT2D eigenvalue weighted by molar-refractivity contribution is 6.30. The minimum atomic E-state index is -0.324. The average Bonchev–Trinajstić information content (AvgIpc) is 2.61. The minimum absolute atomic E-state index is 0.0122. The molecule has 130 valence electrons. The molecule has 0 bridgehead atoms. The molecular weight excluding hydrogens is 328 g/mol. The number of halogens is 1. The van der Waals surface area contributed by atoms with Crippen LogP contribution in [0.25, 0.3) is 0 Å². The molecule has 1 heterocycles. The van der Waals surface area contributed by atoms with E-state index in [4.69, 9.17) is 21.1 Å². The van der Waals surface area contributed by atoms with Crippen LogP contribution in [0.3, 0.4) is 0 Å². The number of hydrogen-bond donors (Lipinski definition) is 0. The third-order valence-corrected chi connectivity index (χ3v) is 4.14. The maximum absolute atomic E-state index is 11.8. The van der Waals surface area contributed by atoms with Gasteiger partial charge in [0.05, 0.1) is 6.04 Å². The zero-order valence-corrected chi connectivity index (χ0v) is 14.9. The molecule has 1 aromatic carbocycles. The van der Waals surface area contributed by atoms with Crippen molar-refractivity contribution >= 4 is 17.7 Å². The molecule has 0 spiro atoms. The zero-order valence-electron chi connectivity index (χ0n) is 14.1. The van der Waals surface area contributed by atoms with Crippen LogP contribution in [0.5, 0.6) is 0 Å². The van der Waals surface area contributed by atoms with Gasteiger partial charge in [0, 0.05) is 43.9 Å². The molecule has 1 saturated heterocycles. The van der Waals surface area contributed by atoms with Gasteiger partial charge in [-0.1, -0.05) is 36.4 Å². The van der Waals surface area contributed by atoms with E-state index in [1.165, 1.54) is 7.11 Å². The van der Waals surface area contributed by atoms with Crippen molar-refractivity contribution in [1.82, 2.24) is 9.80 Å². The van der Waals surface area contributed by atoms with Gasteiger partial charge in [-0.25, -0.2) is 4.79 Å². The van der Waals surface area contributed by atoms with E-state index in [2.05, 4.69) is 23.7 Å². The first-order chi connectivity index (χ1) is 11.6. The number of rotatable bonds is 4. The fourth-order valence-corrected chi connectivity index (χ4v) is 2.79. The SMILES string of the molecule is CCC(C#Cc1cccc(Cl)c1)N1CCN(C(=O)OCOC)CC1. The molecule has 0 N–H and O–H groups in total. The first-order valence-corrected chi connectivity index (χ1v) is 8.43. The van der Waals surface area contributed by atoms with Gasteiger partial charge in [0.25, 0.3) is 0 Å². The van der Waals surface area contributed by atoms with Crippen LogP contribution in [0.15, 0.2) is 24.3 Å². The lowest BCUT2D eigenvalue weighted by Crippen LogP contribution is -2.51. The molecule has 0 radical (unpaired) electrons. The Bertz CT molecular complexity index is 604. The van der Waals surface area contributed by atoms with Crippen molar-refractivity contribution < 1.29 is 14.3 Å². The third-order valence-electron chi connectivity index (χ3n) is 3.91. The van der Waals surface area contributed by atoms with E-state index >= 15 is 0 Å². The van der Waals surface area contributed by atoms with Gasteiger partial charge in [-0.05, 0) is 24.6 Å². The number of benzene rings is 1. The number of carbonyl (C=O) groups is 1. The topological polar surface area (TPSA) is 42.0 Å². The first kappa shape index (κ1) is 18.6. The van der Waals surface area contributed by atoms with Crippen molar-refractivity contribution in [3.8, 4) is 11.8 Å². The second kappa shape index (κ2) is 9.53. The Hall–Kier alpha value is -1.74. The Balaban J connectivity index is 1.90. The van der Waals surface area contributed by atoms with Crippen molar-refractivity contribution in [3.05, 3.63) is 34.9 Å². The number of methoxy groups -OCH3 is 1. The van der Waals surface area contributed by atoms with E-state index in [0.29, 0.717) is 18.1 Å². The summed E-state index contributed by atoms with van der Waals surface area (Å²) in [5.41, 5.74) is 0.919.